The number of aryl methyl sites for hydroxylation is 1. The van der Waals surface area contributed by atoms with E-state index in [0.29, 0.717) is 19.3 Å². The van der Waals surface area contributed by atoms with E-state index in [1.165, 1.54) is 6.92 Å². The Morgan fingerprint density at radius 1 is 1.32 bits per heavy atom. The van der Waals surface area contributed by atoms with Crippen LogP contribution >= 0.6 is 0 Å². The van der Waals surface area contributed by atoms with E-state index in [1.807, 2.05) is 32.0 Å². The van der Waals surface area contributed by atoms with Crippen molar-refractivity contribution in [1.82, 2.24) is 10.6 Å². The topological polar surface area (TPSA) is 78.5 Å². The molecule has 25 heavy (non-hydrogen) atoms. The second kappa shape index (κ2) is 6.86. The van der Waals surface area contributed by atoms with Crippen LogP contribution in [-0.4, -0.2) is 35.8 Å². The molecule has 0 aromatic heterocycles. The van der Waals surface area contributed by atoms with Crippen LogP contribution in [-0.2, 0) is 27.2 Å². The predicted octanol–water partition coefficient (Wildman–Crippen LogP) is 1.31. The van der Waals surface area contributed by atoms with Crippen LogP contribution in [0.15, 0.2) is 18.2 Å². The third-order valence-electron chi connectivity index (χ3n) is 5.09. The molecule has 1 aromatic carbocycles. The van der Waals surface area contributed by atoms with Gasteiger partial charge in [-0.25, -0.2) is 0 Å². The average Bonchev–Trinajstić information content (AvgIpc) is 2.91. The summed E-state index contributed by atoms with van der Waals surface area (Å²) in [6, 6.07) is 4.88. The first-order valence-corrected chi connectivity index (χ1v) is 8.93. The number of hydrogen-bond acceptors (Lipinski definition) is 3. The van der Waals surface area contributed by atoms with Crippen molar-refractivity contribution in [3.05, 3.63) is 29.3 Å². The fraction of sp³-hybridized carbons (Fsp3) is 0.526. The van der Waals surface area contributed by atoms with Gasteiger partial charge in [0.2, 0.25) is 17.7 Å². The van der Waals surface area contributed by atoms with E-state index in [1.54, 1.807) is 4.90 Å². The number of anilines is 1. The van der Waals surface area contributed by atoms with E-state index >= 15 is 0 Å². The highest BCUT2D eigenvalue weighted by Gasteiger charge is 2.43. The van der Waals surface area contributed by atoms with Crippen molar-refractivity contribution >= 4 is 23.4 Å². The standard InChI is InChI=1S/C19H25N3O3/c1-4-11(2)20-18(24)16-10-14-7-5-6-13-8-9-15(21-12(3)23)19(25)22(16)17(13)14/h5-7,11,15-16H,4,8-10H2,1-3H3,(H,20,24)(H,21,23)/t11-,15-,16-/m0/s1. The molecule has 2 N–H and O–H groups in total. The maximum atomic E-state index is 13.1. The van der Waals surface area contributed by atoms with Gasteiger partial charge in [-0.3, -0.25) is 19.3 Å². The zero-order valence-corrected chi connectivity index (χ0v) is 15.0. The first-order chi connectivity index (χ1) is 11.9. The van der Waals surface area contributed by atoms with E-state index < -0.39 is 12.1 Å². The zero-order valence-electron chi connectivity index (χ0n) is 15.0. The quantitative estimate of drug-likeness (QED) is 0.865. The second-order valence-corrected chi connectivity index (χ2v) is 6.96. The summed E-state index contributed by atoms with van der Waals surface area (Å²) in [6.07, 6.45) is 2.60. The summed E-state index contributed by atoms with van der Waals surface area (Å²) in [5.41, 5.74) is 2.96. The Bertz CT molecular complexity index is 716. The van der Waals surface area contributed by atoms with Gasteiger partial charge in [0.15, 0.2) is 0 Å². The second-order valence-electron chi connectivity index (χ2n) is 6.96. The fourth-order valence-electron chi connectivity index (χ4n) is 3.66. The number of nitrogens with zero attached hydrogens (tertiary/aromatic N) is 1. The van der Waals surface area contributed by atoms with Crippen molar-refractivity contribution in [2.24, 2.45) is 0 Å². The summed E-state index contributed by atoms with van der Waals surface area (Å²) >= 11 is 0. The molecule has 6 nitrogen and oxygen atoms in total. The van der Waals surface area contributed by atoms with Crippen LogP contribution in [0.4, 0.5) is 5.69 Å². The number of amides is 3. The summed E-state index contributed by atoms with van der Waals surface area (Å²) < 4.78 is 0. The van der Waals surface area contributed by atoms with Crippen molar-refractivity contribution in [2.45, 2.75) is 64.6 Å². The van der Waals surface area contributed by atoms with Gasteiger partial charge >= 0.3 is 0 Å². The Labute approximate surface area is 148 Å². The summed E-state index contributed by atoms with van der Waals surface area (Å²) in [5, 5.41) is 5.73. The highest BCUT2D eigenvalue weighted by atomic mass is 16.2. The number of carbonyl (C=O) groups excluding carboxylic acids is 3. The maximum Gasteiger partial charge on any atom is 0.250 e. The lowest BCUT2D eigenvalue weighted by molar-refractivity contribution is -0.129. The first kappa shape index (κ1) is 17.5. The van der Waals surface area contributed by atoms with E-state index in [4.69, 9.17) is 0 Å². The van der Waals surface area contributed by atoms with Crippen molar-refractivity contribution in [3.63, 3.8) is 0 Å². The van der Waals surface area contributed by atoms with Gasteiger partial charge in [-0.2, -0.15) is 0 Å². The van der Waals surface area contributed by atoms with Gasteiger partial charge in [-0.05, 0) is 37.3 Å². The number of hydrogen-bond donors (Lipinski definition) is 2. The van der Waals surface area contributed by atoms with Crippen LogP contribution in [0.5, 0.6) is 0 Å². The van der Waals surface area contributed by atoms with Crippen LogP contribution < -0.4 is 15.5 Å². The SMILES string of the molecule is CC[C@H](C)NC(=O)[C@@H]1Cc2cccc3c2N1C(=O)[C@@H](NC(C)=O)CC3. The lowest BCUT2D eigenvalue weighted by Crippen LogP contribution is -2.55. The predicted molar refractivity (Wildman–Crippen MR) is 95.2 cm³/mol. The maximum absolute atomic E-state index is 13.1. The molecule has 6 heteroatoms. The van der Waals surface area contributed by atoms with Gasteiger partial charge in [0.1, 0.15) is 12.1 Å². The Balaban J connectivity index is 1.96. The summed E-state index contributed by atoms with van der Waals surface area (Å²) in [7, 11) is 0. The minimum Gasteiger partial charge on any atom is -0.352 e. The molecule has 0 radical (unpaired) electrons. The number of rotatable bonds is 4. The van der Waals surface area contributed by atoms with Crippen molar-refractivity contribution in [1.29, 1.82) is 0 Å². The third-order valence-corrected chi connectivity index (χ3v) is 5.09. The van der Waals surface area contributed by atoms with E-state index in [9.17, 15) is 14.4 Å². The van der Waals surface area contributed by atoms with E-state index in [-0.39, 0.29) is 23.8 Å². The van der Waals surface area contributed by atoms with Crippen LogP contribution in [0.25, 0.3) is 0 Å². The van der Waals surface area contributed by atoms with Crippen LogP contribution in [0.1, 0.15) is 44.7 Å². The number of nitrogens with one attached hydrogen (secondary N) is 2. The van der Waals surface area contributed by atoms with Crippen molar-refractivity contribution in [3.8, 4) is 0 Å². The van der Waals surface area contributed by atoms with Gasteiger partial charge < -0.3 is 10.6 Å². The molecule has 3 rings (SSSR count). The van der Waals surface area contributed by atoms with Gasteiger partial charge in [0.25, 0.3) is 0 Å². The molecule has 3 amide bonds. The molecule has 134 valence electrons. The van der Waals surface area contributed by atoms with Gasteiger partial charge in [0.05, 0.1) is 5.69 Å². The summed E-state index contributed by atoms with van der Waals surface area (Å²) in [4.78, 5) is 39.0. The zero-order chi connectivity index (χ0) is 18.1. The monoisotopic (exact) mass is 343 g/mol. The van der Waals surface area contributed by atoms with Crippen LogP contribution in [0.2, 0.25) is 0 Å². The Morgan fingerprint density at radius 3 is 2.72 bits per heavy atom. The molecule has 2 aliphatic rings. The van der Waals surface area contributed by atoms with Gasteiger partial charge in [-0.15, -0.1) is 0 Å². The Morgan fingerprint density at radius 2 is 2.04 bits per heavy atom. The molecule has 2 heterocycles. The number of carbonyl (C=O) groups is 3. The Hall–Kier alpha value is -2.37. The molecule has 0 spiro atoms. The van der Waals surface area contributed by atoms with E-state index in [2.05, 4.69) is 10.6 Å². The Kier molecular flexibility index (Phi) is 4.79. The summed E-state index contributed by atoms with van der Waals surface area (Å²) in [6.45, 7) is 5.37. The molecule has 3 atom stereocenters. The minimum atomic E-state index is -0.588. The first-order valence-electron chi connectivity index (χ1n) is 8.93. The highest BCUT2D eigenvalue weighted by molar-refractivity contribution is 6.07. The molecule has 0 aliphatic carbocycles. The average molecular weight is 343 g/mol. The van der Waals surface area contributed by atoms with Gasteiger partial charge in [0, 0.05) is 19.4 Å². The molecule has 1 aromatic rings. The molecule has 0 saturated heterocycles. The number of para-hydroxylation sites is 1. The van der Waals surface area contributed by atoms with E-state index in [0.717, 1.165) is 23.2 Å². The van der Waals surface area contributed by atoms with Crippen molar-refractivity contribution in [2.75, 3.05) is 4.90 Å². The molecule has 2 aliphatic heterocycles. The molecular formula is C19H25N3O3. The lowest BCUT2D eigenvalue weighted by atomic mass is 10.0. The third kappa shape index (κ3) is 3.25. The van der Waals surface area contributed by atoms with Gasteiger partial charge in [-0.1, -0.05) is 25.1 Å². The fourth-order valence-corrected chi connectivity index (χ4v) is 3.66. The normalized spacial score (nSPS) is 22.8. The highest BCUT2D eigenvalue weighted by Crippen LogP contribution is 2.39. The minimum absolute atomic E-state index is 0.0592. The largest absolute Gasteiger partial charge is 0.352 e. The molecule has 0 unspecified atom stereocenters. The van der Waals surface area contributed by atoms with Crippen molar-refractivity contribution < 1.29 is 14.4 Å². The molecule has 0 fully saturated rings. The molecular weight excluding hydrogens is 318 g/mol. The van der Waals surface area contributed by atoms with Crippen LogP contribution in [0, 0.1) is 0 Å². The molecule has 0 bridgehead atoms. The molecule has 0 saturated carbocycles. The van der Waals surface area contributed by atoms with Crippen LogP contribution in [0.3, 0.4) is 0 Å². The lowest BCUT2D eigenvalue weighted by Gasteiger charge is -2.28. The summed E-state index contributed by atoms with van der Waals surface area (Å²) in [5.74, 6) is -0.555. The smallest absolute Gasteiger partial charge is 0.250 e. The number of benzene rings is 1.